The van der Waals surface area contributed by atoms with E-state index in [-0.39, 0.29) is 17.7 Å². The topological polar surface area (TPSA) is 79.7 Å². The summed E-state index contributed by atoms with van der Waals surface area (Å²) in [7, 11) is 3.49. The van der Waals surface area contributed by atoms with Crippen molar-refractivity contribution in [3.05, 3.63) is 39.6 Å². The molecule has 1 aliphatic heterocycles. The van der Waals surface area contributed by atoms with Gasteiger partial charge >= 0.3 is 6.03 Å². The molecule has 2 aromatic heterocycles. The number of carbonyl (C=O) groups is 1. The summed E-state index contributed by atoms with van der Waals surface area (Å²) >= 11 is 1.53. The van der Waals surface area contributed by atoms with E-state index in [1.54, 1.807) is 36.3 Å². The second-order valence-electron chi connectivity index (χ2n) is 5.93. The molecule has 9 heteroatoms. The van der Waals surface area contributed by atoms with Gasteiger partial charge in [-0.1, -0.05) is 0 Å². The summed E-state index contributed by atoms with van der Waals surface area (Å²) in [6.45, 7) is 1.96. The van der Waals surface area contributed by atoms with Gasteiger partial charge in [0.1, 0.15) is 0 Å². The molecule has 0 aliphatic carbocycles. The van der Waals surface area contributed by atoms with Gasteiger partial charge in [0.2, 0.25) is 0 Å². The van der Waals surface area contributed by atoms with Crippen LogP contribution in [0, 0.1) is 0 Å². The molecule has 3 rings (SSSR count). The van der Waals surface area contributed by atoms with Crippen LogP contribution in [0.1, 0.15) is 0 Å². The van der Waals surface area contributed by atoms with Gasteiger partial charge in [-0.3, -0.25) is 4.79 Å². The Balaban J connectivity index is 1.60. The Morgan fingerprint density at radius 1 is 1.56 bits per heavy atom. The number of anilines is 2. The van der Waals surface area contributed by atoms with Gasteiger partial charge in [-0.15, -0.1) is 0 Å². The minimum Gasteiger partial charge on any atom is -0.373 e. The van der Waals surface area contributed by atoms with E-state index in [1.807, 2.05) is 16.8 Å². The Kier molecular flexibility index (Phi) is 5.34. The van der Waals surface area contributed by atoms with Crippen molar-refractivity contribution in [2.24, 2.45) is 7.05 Å². The van der Waals surface area contributed by atoms with E-state index in [2.05, 4.69) is 10.3 Å². The van der Waals surface area contributed by atoms with Gasteiger partial charge in [0.05, 0.1) is 24.9 Å². The van der Waals surface area contributed by atoms with Gasteiger partial charge in [0, 0.05) is 45.0 Å². The van der Waals surface area contributed by atoms with Gasteiger partial charge in [-0.2, -0.15) is 11.3 Å². The van der Waals surface area contributed by atoms with Crippen molar-refractivity contribution in [3.63, 3.8) is 0 Å². The van der Waals surface area contributed by atoms with Crippen molar-refractivity contribution in [2.75, 3.05) is 43.5 Å². The minimum absolute atomic E-state index is 0.136. The first kappa shape index (κ1) is 17.4. The Morgan fingerprint density at radius 2 is 2.40 bits per heavy atom. The van der Waals surface area contributed by atoms with Gasteiger partial charge in [0.25, 0.3) is 5.56 Å². The van der Waals surface area contributed by atoms with Gasteiger partial charge in [-0.25, -0.2) is 9.78 Å². The molecule has 1 unspecified atom stereocenters. The number of morpholine rings is 1. The number of rotatable bonds is 4. The van der Waals surface area contributed by atoms with Crippen molar-refractivity contribution >= 4 is 28.9 Å². The van der Waals surface area contributed by atoms with Crippen molar-refractivity contribution in [1.82, 2.24) is 14.5 Å². The summed E-state index contributed by atoms with van der Waals surface area (Å²) < 4.78 is 7.25. The lowest BCUT2D eigenvalue weighted by atomic mass is 10.2. The molecule has 1 fully saturated rings. The number of aromatic nitrogens is 2. The van der Waals surface area contributed by atoms with Gasteiger partial charge in [0.15, 0.2) is 5.82 Å². The van der Waals surface area contributed by atoms with Crippen LogP contribution in [0.2, 0.25) is 0 Å². The summed E-state index contributed by atoms with van der Waals surface area (Å²) in [4.78, 5) is 32.2. The second kappa shape index (κ2) is 7.66. The maximum Gasteiger partial charge on any atom is 0.322 e. The SMILES string of the molecule is CN(CC1CN(C(=O)Nc2ccsc2)CCO1)c1nccn(C)c1=O. The summed E-state index contributed by atoms with van der Waals surface area (Å²) in [5, 5.41) is 6.68. The highest BCUT2D eigenvalue weighted by Gasteiger charge is 2.26. The molecule has 0 radical (unpaired) electrons. The third kappa shape index (κ3) is 4.18. The Hall–Kier alpha value is -2.39. The summed E-state index contributed by atoms with van der Waals surface area (Å²) in [6, 6.07) is 1.73. The van der Waals surface area contributed by atoms with E-state index in [1.165, 1.54) is 15.9 Å². The number of nitrogens with zero attached hydrogens (tertiary/aromatic N) is 4. The Labute approximate surface area is 149 Å². The summed E-state index contributed by atoms with van der Waals surface area (Å²) in [6.07, 6.45) is 3.03. The first-order chi connectivity index (χ1) is 12.0. The van der Waals surface area contributed by atoms with Crippen LogP contribution in [0.4, 0.5) is 16.3 Å². The minimum atomic E-state index is -0.182. The molecule has 3 heterocycles. The maximum absolute atomic E-state index is 12.4. The van der Waals surface area contributed by atoms with Crippen molar-refractivity contribution in [3.8, 4) is 0 Å². The first-order valence-corrected chi connectivity index (χ1v) is 8.91. The van der Waals surface area contributed by atoms with Crippen molar-refractivity contribution in [2.45, 2.75) is 6.10 Å². The average molecular weight is 363 g/mol. The standard InChI is InChI=1S/C16H21N5O3S/c1-19-5-4-17-14(15(19)22)20(2)9-13-10-21(6-7-24-13)16(23)18-12-3-8-25-11-12/h3-5,8,11,13H,6-7,9-10H2,1-2H3,(H,18,23). The van der Waals surface area contributed by atoms with E-state index < -0.39 is 0 Å². The highest BCUT2D eigenvalue weighted by molar-refractivity contribution is 7.08. The zero-order valence-corrected chi connectivity index (χ0v) is 15.0. The highest BCUT2D eigenvalue weighted by atomic mass is 32.1. The van der Waals surface area contributed by atoms with E-state index >= 15 is 0 Å². The summed E-state index contributed by atoms with van der Waals surface area (Å²) in [5.74, 6) is 0.369. The fourth-order valence-electron chi connectivity index (χ4n) is 2.69. The van der Waals surface area contributed by atoms with Crippen LogP contribution in [-0.2, 0) is 11.8 Å². The third-order valence-electron chi connectivity index (χ3n) is 4.04. The van der Waals surface area contributed by atoms with Gasteiger partial charge < -0.3 is 24.4 Å². The molecule has 25 heavy (non-hydrogen) atoms. The van der Waals surface area contributed by atoms with Crippen LogP contribution in [-0.4, -0.2) is 59.9 Å². The zero-order chi connectivity index (χ0) is 17.8. The van der Waals surface area contributed by atoms with Gasteiger partial charge in [-0.05, 0) is 11.4 Å². The quantitative estimate of drug-likeness (QED) is 0.883. The lowest BCUT2D eigenvalue weighted by Gasteiger charge is -2.34. The van der Waals surface area contributed by atoms with Crippen molar-refractivity contribution in [1.29, 1.82) is 0 Å². The molecule has 134 valence electrons. The zero-order valence-electron chi connectivity index (χ0n) is 14.2. The molecule has 0 saturated carbocycles. The molecule has 1 aliphatic rings. The molecular weight excluding hydrogens is 342 g/mol. The first-order valence-electron chi connectivity index (χ1n) is 7.97. The van der Waals surface area contributed by atoms with Crippen LogP contribution in [0.15, 0.2) is 34.0 Å². The fourth-order valence-corrected chi connectivity index (χ4v) is 3.28. The number of nitrogens with one attached hydrogen (secondary N) is 1. The maximum atomic E-state index is 12.4. The van der Waals surface area contributed by atoms with E-state index in [4.69, 9.17) is 4.74 Å². The molecular formula is C16H21N5O3S. The molecule has 8 nitrogen and oxygen atoms in total. The molecule has 0 spiro atoms. The number of amides is 2. The number of carbonyl (C=O) groups excluding carboxylic acids is 1. The molecule has 0 aromatic carbocycles. The Morgan fingerprint density at radius 3 is 3.16 bits per heavy atom. The van der Waals surface area contributed by atoms with Crippen LogP contribution < -0.4 is 15.8 Å². The monoisotopic (exact) mass is 363 g/mol. The predicted molar refractivity (Wildman–Crippen MR) is 97.4 cm³/mol. The molecule has 1 N–H and O–H groups in total. The molecule has 2 aromatic rings. The van der Waals surface area contributed by atoms with E-state index in [0.717, 1.165) is 5.69 Å². The van der Waals surface area contributed by atoms with E-state index in [9.17, 15) is 9.59 Å². The molecule has 2 amide bonds. The largest absolute Gasteiger partial charge is 0.373 e. The van der Waals surface area contributed by atoms with Crippen LogP contribution in [0.3, 0.4) is 0 Å². The van der Waals surface area contributed by atoms with Crippen LogP contribution in [0.25, 0.3) is 0 Å². The number of urea groups is 1. The predicted octanol–water partition coefficient (Wildman–Crippen LogP) is 1.21. The van der Waals surface area contributed by atoms with Crippen molar-refractivity contribution < 1.29 is 9.53 Å². The Bertz CT molecular complexity index is 776. The number of ether oxygens (including phenoxy) is 1. The van der Waals surface area contributed by atoms with E-state index in [0.29, 0.717) is 32.1 Å². The fraction of sp³-hybridized carbons (Fsp3) is 0.438. The lowest BCUT2D eigenvalue weighted by molar-refractivity contribution is -0.00714. The van der Waals surface area contributed by atoms with Crippen LogP contribution >= 0.6 is 11.3 Å². The molecule has 1 atom stereocenters. The normalized spacial score (nSPS) is 17.4. The van der Waals surface area contributed by atoms with Crippen LogP contribution in [0.5, 0.6) is 0 Å². The number of hydrogen-bond acceptors (Lipinski definition) is 6. The lowest BCUT2D eigenvalue weighted by Crippen LogP contribution is -2.51. The molecule has 1 saturated heterocycles. The third-order valence-corrected chi connectivity index (χ3v) is 4.72. The summed E-state index contributed by atoms with van der Waals surface area (Å²) in [5.41, 5.74) is 0.639. The second-order valence-corrected chi connectivity index (χ2v) is 6.71. The number of aryl methyl sites for hydroxylation is 1. The highest BCUT2D eigenvalue weighted by Crippen LogP contribution is 2.14. The number of thiophene rings is 1. The number of hydrogen-bond donors (Lipinski definition) is 1. The molecule has 0 bridgehead atoms. The number of likely N-dealkylation sites (N-methyl/N-ethyl adjacent to an activating group) is 1. The average Bonchev–Trinajstić information content (AvgIpc) is 3.10. The smallest absolute Gasteiger partial charge is 0.322 e.